The summed E-state index contributed by atoms with van der Waals surface area (Å²) in [6.07, 6.45) is 0. The molecule has 0 bridgehead atoms. The summed E-state index contributed by atoms with van der Waals surface area (Å²) in [5.74, 6) is -0.838. The molecule has 0 spiro atoms. The lowest BCUT2D eigenvalue weighted by atomic mass is 10.1. The molecule has 0 aliphatic carbocycles. The van der Waals surface area contributed by atoms with Gasteiger partial charge < -0.3 is 9.64 Å². The number of aryl methyl sites for hydroxylation is 1. The molecule has 1 aromatic rings. The second-order valence-electron chi connectivity index (χ2n) is 4.38. The molecule has 7 heteroatoms. The number of carbonyl (C=O) groups is 2. The highest BCUT2D eigenvalue weighted by Crippen LogP contribution is 2.19. The Morgan fingerprint density at radius 2 is 2.00 bits per heavy atom. The van der Waals surface area contributed by atoms with Gasteiger partial charge in [0.25, 0.3) is 11.6 Å². The van der Waals surface area contributed by atoms with E-state index < -0.39 is 10.9 Å². The first kappa shape index (κ1) is 16.6. The van der Waals surface area contributed by atoms with Gasteiger partial charge >= 0.3 is 5.97 Å². The molecule has 1 aromatic carbocycles. The lowest BCUT2D eigenvalue weighted by Crippen LogP contribution is -2.36. The summed E-state index contributed by atoms with van der Waals surface area (Å²) in [5.41, 5.74) is 0.669. The van der Waals surface area contributed by atoms with Crippen molar-refractivity contribution in [2.24, 2.45) is 0 Å². The molecule has 0 aliphatic rings. The highest BCUT2D eigenvalue weighted by Gasteiger charge is 2.20. The highest BCUT2D eigenvalue weighted by atomic mass is 16.6. The van der Waals surface area contributed by atoms with Crippen LogP contribution in [0, 0.1) is 17.0 Å². The number of amides is 1. The molecule has 114 valence electrons. The van der Waals surface area contributed by atoms with Gasteiger partial charge in [-0.3, -0.25) is 19.7 Å². The van der Waals surface area contributed by atoms with E-state index in [9.17, 15) is 19.7 Å². The Labute approximate surface area is 122 Å². The van der Waals surface area contributed by atoms with E-state index in [4.69, 9.17) is 4.74 Å². The Hall–Kier alpha value is -2.44. The van der Waals surface area contributed by atoms with Crippen LogP contribution in [0.15, 0.2) is 18.2 Å². The molecule has 7 nitrogen and oxygen atoms in total. The van der Waals surface area contributed by atoms with Gasteiger partial charge in [0, 0.05) is 23.7 Å². The number of likely N-dealkylation sites (N-methyl/N-ethyl adjacent to an activating group) is 1. The maximum Gasteiger partial charge on any atom is 0.325 e. The van der Waals surface area contributed by atoms with Crippen LogP contribution in [0.2, 0.25) is 0 Å². The van der Waals surface area contributed by atoms with Crippen LogP contribution in [0.3, 0.4) is 0 Å². The first-order valence-corrected chi connectivity index (χ1v) is 6.60. The van der Waals surface area contributed by atoms with Gasteiger partial charge in [-0.15, -0.1) is 0 Å². The summed E-state index contributed by atoms with van der Waals surface area (Å²) in [6, 6.07) is 4.14. The van der Waals surface area contributed by atoms with Crippen molar-refractivity contribution >= 4 is 17.6 Å². The minimum Gasteiger partial charge on any atom is -0.465 e. The van der Waals surface area contributed by atoms with Crippen molar-refractivity contribution in [1.29, 1.82) is 0 Å². The summed E-state index contributed by atoms with van der Waals surface area (Å²) >= 11 is 0. The lowest BCUT2D eigenvalue weighted by molar-refractivity contribution is -0.385. The number of esters is 1. The van der Waals surface area contributed by atoms with Gasteiger partial charge in [0.05, 0.1) is 11.5 Å². The van der Waals surface area contributed by atoms with Crippen LogP contribution in [0.5, 0.6) is 0 Å². The lowest BCUT2D eigenvalue weighted by Gasteiger charge is -2.20. The molecule has 1 rings (SSSR count). The van der Waals surface area contributed by atoms with Crippen LogP contribution >= 0.6 is 0 Å². The standard InChI is InChI=1S/C14H18N2O5/c1-4-15(9-13(17)21-5-2)14(18)11-6-7-12(16(19)20)10(3)8-11/h6-8H,4-5,9H2,1-3H3. The van der Waals surface area contributed by atoms with Gasteiger partial charge in [-0.2, -0.15) is 0 Å². The fourth-order valence-corrected chi connectivity index (χ4v) is 1.87. The Balaban J connectivity index is 2.92. The van der Waals surface area contributed by atoms with Crippen molar-refractivity contribution in [2.45, 2.75) is 20.8 Å². The molecule has 0 aromatic heterocycles. The fraction of sp³-hybridized carbons (Fsp3) is 0.429. The molecule has 0 radical (unpaired) electrons. The SMILES string of the molecule is CCOC(=O)CN(CC)C(=O)c1ccc([N+](=O)[O-])c(C)c1. The molecule has 0 atom stereocenters. The van der Waals surface area contributed by atoms with E-state index in [0.717, 1.165) is 0 Å². The minimum absolute atomic E-state index is 0.0417. The maximum absolute atomic E-state index is 12.3. The predicted octanol–water partition coefficient (Wildman–Crippen LogP) is 1.93. The number of carbonyl (C=O) groups excluding carboxylic acids is 2. The number of rotatable bonds is 6. The third kappa shape index (κ3) is 4.27. The summed E-state index contributed by atoms with van der Waals surface area (Å²) < 4.78 is 4.81. The number of hydrogen-bond donors (Lipinski definition) is 0. The van der Waals surface area contributed by atoms with Gasteiger partial charge in [-0.05, 0) is 32.9 Å². The zero-order valence-corrected chi connectivity index (χ0v) is 12.3. The smallest absolute Gasteiger partial charge is 0.325 e. The van der Waals surface area contributed by atoms with Crippen LogP contribution in [-0.4, -0.2) is 41.4 Å². The van der Waals surface area contributed by atoms with Crippen LogP contribution in [0.4, 0.5) is 5.69 Å². The minimum atomic E-state index is -0.500. The Morgan fingerprint density at radius 3 is 2.48 bits per heavy atom. The van der Waals surface area contributed by atoms with Crippen molar-refractivity contribution in [1.82, 2.24) is 4.90 Å². The molecular weight excluding hydrogens is 276 g/mol. The van der Waals surface area contributed by atoms with Gasteiger partial charge in [0.15, 0.2) is 0 Å². The van der Waals surface area contributed by atoms with E-state index in [-0.39, 0.29) is 24.7 Å². The maximum atomic E-state index is 12.3. The van der Waals surface area contributed by atoms with Crippen LogP contribution in [0.1, 0.15) is 29.8 Å². The zero-order valence-electron chi connectivity index (χ0n) is 12.3. The van der Waals surface area contributed by atoms with Gasteiger partial charge in [0.2, 0.25) is 0 Å². The number of benzene rings is 1. The summed E-state index contributed by atoms with van der Waals surface area (Å²) in [7, 11) is 0. The van der Waals surface area contributed by atoms with E-state index in [2.05, 4.69) is 0 Å². The van der Waals surface area contributed by atoms with Crippen molar-refractivity contribution in [3.63, 3.8) is 0 Å². The Morgan fingerprint density at radius 1 is 1.33 bits per heavy atom. The summed E-state index contributed by atoms with van der Waals surface area (Å²) in [4.78, 5) is 35.3. The number of ether oxygens (including phenoxy) is 1. The first-order chi connectivity index (χ1) is 9.90. The molecular formula is C14H18N2O5. The second kappa shape index (κ2) is 7.37. The Bertz CT molecular complexity index is 556. The van der Waals surface area contributed by atoms with Crippen molar-refractivity contribution in [2.75, 3.05) is 19.7 Å². The second-order valence-corrected chi connectivity index (χ2v) is 4.38. The van der Waals surface area contributed by atoms with Crippen molar-refractivity contribution in [3.8, 4) is 0 Å². The van der Waals surface area contributed by atoms with E-state index in [1.165, 1.54) is 23.1 Å². The Kier molecular flexibility index (Phi) is 5.83. The van der Waals surface area contributed by atoms with E-state index in [1.807, 2.05) is 0 Å². The molecule has 0 N–H and O–H groups in total. The molecule has 0 saturated heterocycles. The largest absolute Gasteiger partial charge is 0.465 e. The molecule has 0 fully saturated rings. The van der Waals surface area contributed by atoms with Crippen LogP contribution in [-0.2, 0) is 9.53 Å². The molecule has 0 heterocycles. The van der Waals surface area contributed by atoms with Gasteiger partial charge in [-0.25, -0.2) is 0 Å². The fourth-order valence-electron chi connectivity index (χ4n) is 1.87. The molecule has 1 amide bonds. The number of nitro groups is 1. The number of nitro benzene ring substituents is 1. The number of nitrogens with zero attached hydrogens (tertiary/aromatic N) is 2. The van der Waals surface area contributed by atoms with Gasteiger partial charge in [-0.1, -0.05) is 0 Å². The average Bonchev–Trinajstić information content (AvgIpc) is 2.43. The third-order valence-corrected chi connectivity index (χ3v) is 2.93. The summed E-state index contributed by atoms with van der Waals surface area (Å²) in [5, 5.41) is 10.8. The van der Waals surface area contributed by atoms with E-state index >= 15 is 0 Å². The monoisotopic (exact) mass is 294 g/mol. The molecule has 0 aliphatic heterocycles. The van der Waals surface area contributed by atoms with Crippen LogP contribution < -0.4 is 0 Å². The van der Waals surface area contributed by atoms with Crippen LogP contribution in [0.25, 0.3) is 0 Å². The molecule has 0 unspecified atom stereocenters. The van der Waals surface area contributed by atoms with Gasteiger partial charge in [0.1, 0.15) is 6.54 Å². The first-order valence-electron chi connectivity index (χ1n) is 6.60. The molecule has 21 heavy (non-hydrogen) atoms. The molecule has 0 saturated carbocycles. The zero-order chi connectivity index (χ0) is 16.0. The third-order valence-electron chi connectivity index (χ3n) is 2.93. The normalized spacial score (nSPS) is 10.0. The average molecular weight is 294 g/mol. The summed E-state index contributed by atoms with van der Waals surface area (Å²) in [6.45, 7) is 5.45. The quantitative estimate of drug-likeness (QED) is 0.454. The van der Waals surface area contributed by atoms with E-state index in [0.29, 0.717) is 17.7 Å². The predicted molar refractivity (Wildman–Crippen MR) is 76.0 cm³/mol. The van der Waals surface area contributed by atoms with E-state index in [1.54, 1.807) is 20.8 Å². The van der Waals surface area contributed by atoms with Crippen molar-refractivity contribution in [3.05, 3.63) is 39.4 Å². The number of hydrogen-bond acceptors (Lipinski definition) is 5. The highest BCUT2D eigenvalue weighted by molar-refractivity contribution is 5.96. The van der Waals surface area contributed by atoms with Crippen molar-refractivity contribution < 1.29 is 19.2 Å². The topological polar surface area (TPSA) is 89.8 Å².